The Morgan fingerprint density at radius 1 is 1.14 bits per heavy atom. The lowest BCUT2D eigenvalue weighted by Gasteiger charge is -2.48. The molecule has 35 heavy (non-hydrogen) atoms. The van der Waals surface area contributed by atoms with Crippen LogP contribution >= 0.6 is 0 Å². The summed E-state index contributed by atoms with van der Waals surface area (Å²) in [5, 5.41) is 13.1. The second-order valence-corrected chi connectivity index (χ2v) is 10.2. The molecule has 6 nitrogen and oxygen atoms in total. The summed E-state index contributed by atoms with van der Waals surface area (Å²) in [6.07, 6.45) is -1.22. The van der Waals surface area contributed by atoms with E-state index >= 15 is 0 Å². The Bertz CT molecular complexity index is 1120. The number of benzene rings is 1. The quantitative estimate of drug-likeness (QED) is 0.610. The average molecular weight is 495 g/mol. The van der Waals surface area contributed by atoms with Gasteiger partial charge in [0.1, 0.15) is 11.6 Å². The maximum absolute atomic E-state index is 14.0. The average Bonchev–Trinajstić information content (AvgIpc) is 3.09. The standard InChI is InChI=1S/C25H30F4N4O2/c1-16-12-18(22(2,35)25(27,28)29)14-30-20(16)33-15-23(31-21(33)34)8-10-24(11-9-23,32(3)4)17-6-5-7-19(26)13-17/h5-7,12-14,35H,8-11,15H2,1-4H3,(H,31,34). The number of hydrogen-bond donors (Lipinski definition) is 2. The first kappa shape index (κ1) is 25.4. The van der Waals surface area contributed by atoms with Crippen LogP contribution in [0.5, 0.6) is 0 Å². The second kappa shape index (κ2) is 8.44. The van der Waals surface area contributed by atoms with Crippen LogP contribution in [0.4, 0.5) is 28.2 Å². The fraction of sp³-hybridized carbons (Fsp3) is 0.520. The normalized spacial score (nSPS) is 26.8. The third kappa shape index (κ3) is 4.27. The zero-order chi connectivity index (χ0) is 25.8. The molecular formula is C25H30F4N4O2. The summed E-state index contributed by atoms with van der Waals surface area (Å²) in [5.41, 5.74) is -3.07. The van der Waals surface area contributed by atoms with Gasteiger partial charge in [-0.2, -0.15) is 13.2 Å². The van der Waals surface area contributed by atoms with Crippen LogP contribution in [-0.2, 0) is 11.1 Å². The SMILES string of the molecule is Cc1cc(C(C)(O)C(F)(F)F)cnc1N1CC2(CCC(c3cccc(F)c3)(N(C)C)CC2)NC1=O. The molecule has 1 spiro atoms. The summed E-state index contributed by atoms with van der Waals surface area (Å²) in [5.74, 6) is -0.0328. The number of nitrogens with zero attached hydrogens (tertiary/aromatic N) is 3. The van der Waals surface area contributed by atoms with Crippen molar-refractivity contribution in [3.05, 3.63) is 59.0 Å². The van der Waals surface area contributed by atoms with E-state index in [1.807, 2.05) is 20.2 Å². The lowest BCUT2D eigenvalue weighted by molar-refractivity contribution is -0.259. The summed E-state index contributed by atoms with van der Waals surface area (Å²) in [6.45, 7) is 2.57. The largest absolute Gasteiger partial charge is 0.421 e. The molecule has 2 fully saturated rings. The number of rotatable bonds is 4. The topological polar surface area (TPSA) is 68.7 Å². The van der Waals surface area contributed by atoms with Crippen molar-refractivity contribution in [3.63, 3.8) is 0 Å². The number of urea groups is 1. The molecule has 0 bridgehead atoms. The molecule has 2 amide bonds. The molecule has 2 N–H and O–H groups in total. The lowest BCUT2D eigenvalue weighted by atomic mass is 9.69. The smallest absolute Gasteiger partial charge is 0.376 e. The van der Waals surface area contributed by atoms with E-state index in [-0.39, 0.29) is 28.8 Å². The highest BCUT2D eigenvalue weighted by molar-refractivity contribution is 5.95. The van der Waals surface area contributed by atoms with Crippen molar-refractivity contribution in [1.82, 2.24) is 15.2 Å². The molecule has 1 aromatic carbocycles. The summed E-state index contributed by atoms with van der Waals surface area (Å²) < 4.78 is 53.7. The minimum Gasteiger partial charge on any atom is -0.376 e. The minimum atomic E-state index is -4.86. The van der Waals surface area contributed by atoms with Crippen LogP contribution in [0.25, 0.3) is 0 Å². The monoisotopic (exact) mass is 494 g/mol. The Morgan fingerprint density at radius 2 is 1.80 bits per heavy atom. The van der Waals surface area contributed by atoms with E-state index in [4.69, 9.17) is 0 Å². The highest BCUT2D eigenvalue weighted by Gasteiger charge is 2.53. The zero-order valence-corrected chi connectivity index (χ0v) is 20.2. The molecule has 10 heteroatoms. The number of anilines is 1. The number of carbonyl (C=O) groups is 1. The van der Waals surface area contributed by atoms with Gasteiger partial charge in [-0.05, 0) is 83.0 Å². The fourth-order valence-electron chi connectivity index (χ4n) is 5.36. The van der Waals surface area contributed by atoms with Crippen LogP contribution in [0.15, 0.2) is 36.5 Å². The van der Waals surface area contributed by atoms with Crippen LogP contribution in [-0.4, -0.2) is 53.4 Å². The van der Waals surface area contributed by atoms with E-state index in [9.17, 15) is 27.5 Å². The third-order valence-corrected chi connectivity index (χ3v) is 7.75. The zero-order valence-electron chi connectivity index (χ0n) is 20.2. The summed E-state index contributed by atoms with van der Waals surface area (Å²) in [4.78, 5) is 20.6. The molecule has 1 aliphatic heterocycles. The summed E-state index contributed by atoms with van der Waals surface area (Å²) in [7, 11) is 3.93. The van der Waals surface area contributed by atoms with Gasteiger partial charge in [-0.15, -0.1) is 0 Å². The first-order chi connectivity index (χ1) is 16.2. The van der Waals surface area contributed by atoms with Crippen molar-refractivity contribution in [2.45, 2.75) is 62.4 Å². The number of aromatic nitrogens is 1. The van der Waals surface area contributed by atoms with E-state index in [1.165, 1.54) is 17.0 Å². The number of pyridine rings is 1. The molecule has 1 unspecified atom stereocenters. The molecule has 190 valence electrons. The Morgan fingerprint density at radius 3 is 2.34 bits per heavy atom. The molecule has 1 saturated heterocycles. The maximum atomic E-state index is 14.0. The molecule has 1 atom stereocenters. The Labute approximate surface area is 201 Å². The van der Waals surface area contributed by atoms with E-state index < -0.39 is 17.3 Å². The van der Waals surface area contributed by atoms with Gasteiger partial charge in [-0.1, -0.05) is 12.1 Å². The molecular weight excluding hydrogens is 464 g/mol. The molecule has 2 aliphatic rings. The number of carbonyl (C=O) groups excluding carboxylic acids is 1. The van der Waals surface area contributed by atoms with E-state index in [2.05, 4.69) is 15.2 Å². The van der Waals surface area contributed by atoms with Gasteiger partial charge < -0.3 is 10.4 Å². The van der Waals surface area contributed by atoms with Crippen LogP contribution in [0.1, 0.15) is 49.3 Å². The van der Waals surface area contributed by atoms with E-state index in [1.54, 1.807) is 19.1 Å². The van der Waals surface area contributed by atoms with E-state index in [0.29, 0.717) is 44.7 Å². The highest BCUT2D eigenvalue weighted by atomic mass is 19.4. The van der Waals surface area contributed by atoms with Crippen LogP contribution in [0.2, 0.25) is 0 Å². The van der Waals surface area contributed by atoms with Gasteiger partial charge >= 0.3 is 12.2 Å². The van der Waals surface area contributed by atoms with Crippen molar-refractivity contribution >= 4 is 11.8 Å². The first-order valence-corrected chi connectivity index (χ1v) is 11.5. The van der Waals surface area contributed by atoms with Gasteiger partial charge in [-0.3, -0.25) is 9.80 Å². The van der Waals surface area contributed by atoms with Crippen LogP contribution in [0, 0.1) is 12.7 Å². The number of halogens is 4. The number of aliphatic hydroxyl groups is 1. The minimum absolute atomic E-state index is 0.260. The van der Waals surface area contributed by atoms with Crippen LogP contribution < -0.4 is 10.2 Å². The molecule has 1 saturated carbocycles. The number of amides is 2. The number of hydrogen-bond acceptors (Lipinski definition) is 4. The number of alkyl halides is 3. The van der Waals surface area contributed by atoms with Crippen molar-refractivity contribution < 1.29 is 27.5 Å². The maximum Gasteiger partial charge on any atom is 0.421 e. The molecule has 2 aromatic rings. The van der Waals surface area contributed by atoms with Crippen LogP contribution in [0.3, 0.4) is 0 Å². The van der Waals surface area contributed by atoms with Gasteiger partial charge in [-0.25, -0.2) is 14.2 Å². The van der Waals surface area contributed by atoms with Gasteiger partial charge in [0, 0.05) is 17.3 Å². The highest BCUT2D eigenvalue weighted by Crippen LogP contribution is 2.47. The van der Waals surface area contributed by atoms with Crippen molar-refractivity contribution in [2.24, 2.45) is 0 Å². The Balaban J connectivity index is 1.56. The second-order valence-electron chi connectivity index (χ2n) is 10.2. The molecule has 4 rings (SSSR count). The summed E-state index contributed by atoms with van der Waals surface area (Å²) in [6, 6.07) is 7.46. The fourth-order valence-corrected chi connectivity index (χ4v) is 5.36. The lowest BCUT2D eigenvalue weighted by Crippen LogP contribution is -2.54. The Kier molecular flexibility index (Phi) is 6.12. The molecule has 0 radical (unpaired) electrons. The number of nitrogens with one attached hydrogen (secondary N) is 1. The van der Waals surface area contributed by atoms with Gasteiger partial charge in [0.25, 0.3) is 0 Å². The van der Waals surface area contributed by atoms with Crippen molar-refractivity contribution in [2.75, 3.05) is 25.5 Å². The Hall–Kier alpha value is -2.72. The van der Waals surface area contributed by atoms with Gasteiger partial charge in [0.15, 0.2) is 5.60 Å². The van der Waals surface area contributed by atoms with Gasteiger partial charge in [0.05, 0.1) is 12.1 Å². The predicted molar refractivity (Wildman–Crippen MR) is 123 cm³/mol. The van der Waals surface area contributed by atoms with Crippen molar-refractivity contribution in [1.29, 1.82) is 0 Å². The molecule has 1 aliphatic carbocycles. The van der Waals surface area contributed by atoms with Crippen molar-refractivity contribution in [3.8, 4) is 0 Å². The first-order valence-electron chi connectivity index (χ1n) is 11.5. The molecule has 2 heterocycles. The number of aryl methyl sites for hydroxylation is 1. The predicted octanol–water partition coefficient (Wildman–Crippen LogP) is 4.60. The summed E-state index contributed by atoms with van der Waals surface area (Å²) >= 11 is 0. The van der Waals surface area contributed by atoms with Gasteiger partial charge in [0.2, 0.25) is 0 Å². The van der Waals surface area contributed by atoms with E-state index in [0.717, 1.165) is 11.8 Å². The third-order valence-electron chi connectivity index (χ3n) is 7.75. The molecule has 1 aromatic heterocycles.